The van der Waals surface area contributed by atoms with Gasteiger partial charge in [0.25, 0.3) is 0 Å². The highest BCUT2D eigenvalue weighted by Gasteiger charge is 2.36. The quantitative estimate of drug-likeness (QED) is 0.875. The molecule has 2 atom stereocenters. The summed E-state index contributed by atoms with van der Waals surface area (Å²) < 4.78 is 29.6. The van der Waals surface area contributed by atoms with Crippen molar-refractivity contribution in [1.29, 1.82) is 0 Å². The van der Waals surface area contributed by atoms with Crippen molar-refractivity contribution in [3.63, 3.8) is 0 Å². The van der Waals surface area contributed by atoms with E-state index in [-0.39, 0.29) is 24.2 Å². The molecule has 4 nitrogen and oxygen atoms in total. The van der Waals surface area contributed by atoms with E-state index in [0.29, 0.717) is 5.56 Å². The summed E-state index contributed by atoms with van der Waals surface area (Å²) in [6, 6.07) is 6.58. The number of carbonyl (C=O) groups excluding carboxylic acids is 1. The van der Waals surface area contributed by atoms with Gasteiger partial charge in [0, 0.05) is 17.4 Å². The molecule has 1 N–H and O–H groups in total. The lowest BCUT2D eigenvalue weighted by molar-refractivity contribution is -0.129. The molecule has 1 fully saturated rings. The Kier molecular flexibility index (Phi) is 5.41. The molecule has 21 heavy (non-hydrogen) atoms. The third-order valence-electron chi connectivity index (χ3n) is 3.33. The van der Waals surface area contributed by atoms with Gasteiger partial charge in [-0.2, -0.15) is 20.5 Å². The Morgan fingerprint density at radius 1 is 1.48 bits per heavy atom. The molecule has 0 bridgehead atoms. The maximum Gasteiger partial charge on any atom is 0.387 e. The molecule has 1 aliphatic rings. The van der Waals surface area contributed by atoms with Crippen LogP contribution in [-0.4, -0.2) is 42.0 Å². The van der Waals surface area contributed by atoms with Gasteiger partial charge < -0.3 is 9.64 Å². The molecule has 0 spiro atoms. The minimum absolute atomic E-state index is 0.00658. The zero-order valence-corrected chi connectivity index (χ0v) is 12.7. The average molecular weight is 316 g/mol. The molecule has 0 saturated carbocycles. The van der Waals surface area contributed by atoms with Crippen LogP contribution in [0.15, 0.2) is 24.3 Å². The van der Waals surface area contributed by atoms with E-state index in [1.807, 2.05) is 13.2 Å². The SMILES string of the molecule is CSCC(C)N1C(=O)CNC1c1ccccc1OC(F)F. The summed E-state index contributed by atoms with van der Waals surface area (Å²) in [7, 11) is 0. The summed E-state index contributed by atoms with van der Waals surface area (Å²) in [6.07, 6.45) is 1.53. The zero-order chi connectivity index (χ0) is 15.4. The van der Waals surface area contributed by atoms with Crippen LogP contribution in [0.4, 0.5) is 8.78 Å². The van der Waals surface area contributed by atoms with Crippen LogP contribution in [0.3, 0.4) is 0 Å². The predicted molar refractivity (Wildman–Crippen MR) is 78.5 cm³/mol. The number of halogens is 2. The molecule has 0 radical (unpaired) electrons. The molecule has 2 unspecified atom stereocenters. The molecule has 1 aromatic rings. The second-order valence-corrected chi connectivity index (χ2v) is 5.72. The van der Waals surface area contributed by atoms with Crippen molar-refractivity contribution in [1.82, 2.24) is 10.2 Å². The number of nitrogens with zero attached hydrogens (tertiary/aromatic N) is 1. The highest BCUT2D eigenvalue weighted by molar-refractivity contribution is 7.98. The minimum Gasteiger partial charge on any atom is -0.434 e. The number of nitrogens with one attached hydrogen (secondary N) is 1. The van der Waals surface area contributed by atoms with Crippen LogP contribution < -0.4 is 10.1 Å². The highest BCUT2D eigenvalue weighted by atomic mass is 32.2. The van der Waals surface area contributed by atoms with E-state index in [0.717, 1.165) is 5.75 Å². The highest BCUT2D eigenvalue weighted by Crippen LogP contribution is 2.32. The van der Waals surface area contributed by atoms with Gasteiger partial charge in [0.1, 0.15) is 11.9 Å². The standard InChI is InChI=1S/C14H18F2N2O2S/c1-9(8-21-2)18-12(19)7-17-13(18)10-5-3-4-6-11(10)20-14(15)16/h3-6,9,13-14,17H,7-8H2,1-2H3. The third kappa shape index (κ3) is 3.65. The van der Waals surface area contributed by atoms with Crippen LogP contribution in [0, 0.1) is 0 Å². The van der Waals surface area contributed by atoms with Crippen molar-refractivity contribution >= 4 is 17.7 Å². The summed E-state index contributed by atoms with van der Waals surface area (Å²) >= 11 is 1.64. The van der Waals surface area contributed by atoms with E-state index >= 15 is 0 Å². The van der Waals surface area contributed by atoms with Gasteiger partial charge in [-0.15, -0.1) is 0 Å². The van der Waals surface area contributed by atoms with E-state index in [1.165, 1.54) is 6.07 Å². The fraction of sp³-hybridized carbons (Fsp3) is 0.500. The predicted octanol–water partition coefficient (Wildman–Crippen LogP) is 2.47. The fourth-order valence-electron chi connectivity index (χ4n) is 2.51. The first-order chi connectivity index (χ1) is 10.0. The van der Waals surface area contributed by atoms with Crippen molar-refractivity contribution < 1.29 is 18.3 Å². The van der Waals surface area contributed by atoms with Gasteiger partial charge >= 0.3 is 6.61 Å². The number of hydrogen-bond acceptors (Lipinski definition) is 4. The number of hydrogen-bond donors (Lipinski definition) is 1. The van der Waals surface area contributed by atoms with Crippen molar-refractivity contribution in [2.24, 2.45) is 0 Å². The van der Waals surface area contributed by atoms with Gasteiger partial charge in [-0.3, -0.25) is 10.1 Å². The molecule has 1 amide bonds. The number of rotatable bonds is 6. The van der Waals surface area contributed by atoms with Gasteiger partial charge in [-0.1, -0.05) is 18.2 Å². The molecular weight excluding hydrogens is 298 g/mol. The lowest BCUT2D eigenvalue weighted by atomic mass is 10.1. The van der Waals surface area contributed by atoms with Crippen LogP contribution in [0.2, 0.25) is 0 Å². The Balaban J connectivity index is 2.29. The zero-order valence-electron chi connectivity index (χ0n) is 11.9. The molecule has 1 aromatic carbocycles. The average Bonchev–Trinajstić information content (AvgIpc) is 2.81. The van der Waals surface area contributed by atoms with Gasteiger partial charge in [0.05, 0.1) is 6.54 Å². The molecule has 1 heterocycles. The van der Waals surface area contributed by atoms with Crippen molar-refractivity contribution in [3.8, 4) is 5.75 Å². The van der Waals surface area contributed by atoms with Crippen LogP contribution in [-0.2, 0) is 4.79 Å². The van der Waals surface area contributed by atoms with Crippen LogP contribution in [0.5, 0.6) is 5.75 Å². The minimum atomic E-state index is -2.89. The fourth-order valence-corrected chi connectivity index (χ4v) is 3.15. The smallest absolute Gasteiger partial charge is 0.387 e. The molecule has 0 aliphatic carbocycles. The number of para-hydroxylation sites is 1. The number of amides is 1. The Morgan fingerprint density at radius 2 is 2.19 bits per heavy atom. The lowest BCUT2D eigenvalue weighted by Crippen LogP contribution is -2.39. The summed E-state index contributed by atoms with van der Waals surface area (Å²) in [4.78, 5) is 13.8. The van der Waals surface area contributed by atoms with E-state index in [1.54, 1.807) is 34.9 Å². The number of carbonyl (C=O) groups is 1. The first-order valence-electron chi connectivity index (χ1n) is 6.61. The maximum atomic E-state index is 12.5. The Labute approximate surface area is 126 Å². The summed E-state index contributed by atoms with van der Waals surface area (Å²) in [5.41, 5.74) is 0.552. The largest absolute Gasteiger partial charge is 0.434 e. The lowest BCUT2D eigenvalue weighted by Gasteiger charge is -2.31. The molecule has 2 rings (SSSR count). The monoisotopic (exact) mass is 316 g/mol. The molecular formula is C14H18F2N2O2S. The summed E-state index contributed by atoms with van der Waals surface area (Å²) in [6.45, 7) is -0.738. The third-order valence-corrected chi connectivity index (χ3v) is 4.14. The Hall–Kier alpha value is -1.34. The van der Waals surface area contributed by atoms with Crippen LogP contribution in [0.1, 0.15) is 18.7 Å². The summed E-state index contributed by atoms with van der Waals surface area (Å²) in [5, 5.41) is 3.07. The molecule has 116 valence electrons. The molecule has 0 aromatic heterocycles. The van der Waals surface area contributed by atoms with E-state index in [2.05, 4.69) is 10.1 Å². The van der Waals surface area contributed by atoms with Crippen molar-refractivity contribution in [2.75, 3.05) is 18.6 Å². The first-order valence-corrected chi connectivity index (χ1v) is 8.01. The van der Waals surface area contributed by atoms with E-state index in [4.69, 9.17) is 0 Å². The van der Waals surface area contributed by atoms with E-state index < -0.39 is 12.8 Å². The number of alkyl halides is 2. The van der Waals surface area contributed by atoms with Crippen LogP contribution >= 0.6 is 11.8 Å². The molecule has 1 aliphatic heterocycles. The summed E-state index contributed by atoms with van der Waals surface area (Å²) in [5.74, 6) is 0.844. The Morgan fingerprint density at radius 3 is 2.86 bits per heavy atom. The van der Waals surface area contributed by atoms with Gasteiger partial charge in [-0.05, 0) is 19.2 Å². The second kappa shape index (κ2) is 7.09. The maximum absolute atomic E-state index is 12.5. The van der Waals surface area contributed by atoms with Gasteiger partial charge in [0.2, 0.25) is 5.91 Å². The van der Waals surface area contributed by atoms with Gasteiger partial charge in [0.15, 0.2) is 0 Å². The number of thioether (sulfide) groups is 1. The topological polar surface area (TPSA) is 41.6 Å². The first kappa shape index (κ1) is 16.0. The van der Waals surface area contributed by atoms with Crippen molar-refractivity contribution in [3.05, 3.63) is 29.8 Å². The van der Waals surface area contributed by atoms with Gasteiger partial charge in [-0.25, -0.2) is 0 Å². The normalized spacial score (nSPS) is 20.1. The molecule has 7 heteroatoms. The second-order valence-electron chi connectivity index (χ2n) is 4.81. The number of benzene rings is 1. The number of ether oxygens (including phenoxy) is 1. The van der Waals surface area contributed by atoms with Crippen LogP contribution in [0.25, 0.3) is 0 Å². The molecule has 1 saturated heterocycles. The van der Waals surface area contributed by atoms with Crippen molar-refractivity contribution in [2.45, 2.75) is 25.7 Å². The van der Waals surface area contributed by atoms with E-state index in [9.17, 15) is 13.6 Å². The Bertz CT molecular complexity index is 502.